The minimum absolute atomic E-state index is 0.262. The lowest BCUT2D eigenvalue weighted by Crippen LogP contribution is -2.50. The van der Waals surface area contributed by atoms with E-state index in [1.165, 1.54) is 11.1 Å². The van der Waals surface area contributed by atoms with Crippen LogP contribution in [0.5, 0.6) is 0 Å². The van der Waals surface area contributed by atoms with Crippen LogP contribution in [0.3, 0.4) is 0 Å². The second-order valence-electron chi connectivity index (χ2n) is 8.46. The van der Waals surface area contributed by atoms with Crippen LogP contribution in [0.15, 0.2) is 12.1 Å². The van der Waals surface area contributed by atoms with Gasteiger partial charge in [0.15, 0.2) is 0 Å². The molecular weight excluding hydrogens is 326 g/mol. The molecule has 0 N–H and O–H groups in total. The molecule has 5 heteroatoms. The van der Waals surface area contributed by atoms with Gasteiger partial charge in [0, 0.05) is 26.2 Å². The third-order valence-electron chi connectivity index (χ3n) is 4.47. The summed E-state index contributed by atoms with van der Waals surface area (Å²) in [5.74, 6) is 0.568. The molecular formula is C21H31N3O2. The lowest BCUT2D eigenvalue weighted by molar-refractivity contribution is 0.0240. The average Bonchev–Trinajstić information content (AvgIpc) is 2.54. The second-order valence-corrected chi connectivity index (χ2v) is 8.46. The lowest BCUT2D eigenvalue weighted by atomic mass is 9.95. The quantitative estimate of drug-likeness (QED) is 0.816. The Morgan fingerprint density at radius 2 is 1.85 bits per heavy atom. The van der Waals surface area contributed by atoms with Crippen molar-refractivity contribution < 1.29 is 9.53 Å². The number of benzene rings is 1. The SMILES string of the molecule is Cc1cc(C#N)c(N2CCN(C(=O)OC(C)(C)C)CC2)cc1CC(C)C. The average molecular weight is 357 g/mol. The number of piperazine rings is 1. The molecule has 0 unspecified atom stereocenters. The van der Waals surface area contributed by atoms with Crippen LogP contribution < -0.4 is 4.90 Å². The van der Waals surface area contributed by atoms with Gasteiger partial charge in [-0.25, -0.2) is 4.79 Å². The molecule has 1 aliphatic heterocycles. The van der Waals surface area contributed by atoms with Gasteiger partial charge in [0.25, 0.3) is 0 Å². The molecule has 0 aliphatic carbocycles. The number of carbonyl (C=O) groups excluding carboxylic acids is 1. The van der Waals surface area contributed by atoms with Crippen molar-refractivity contribution in [2.75, 3.05) is 31.1 Å². The van der Waals surface area contributed by atoms with Crippen LogP contribution in [-0.4, -0.2) is 42.8 Å². The van der Waals surface area contributed by atoms with Gasteiger partial charge in [-0.2, -0.15) is 5.26 Å². The number of hydrogen-bond donors (Lipinski definition) is 0. The van der Waals surface area contributed by atoms with Crippen molar-refractivity contribution in [1.82, 2.24) is 4.90 Å². The Morgan fingerprint density at radius 3 is 2.35 bits per heavy atom. The summed E-state index contributed by atoms with van der Waals surface area (Å²) < 4.78 is 5.46. The Bertz CT molecular complexity index is 690. The van der Waals surface area contributed by atoms with Crippen LogP contribution in [0.4, 0.5) is 10.5 Å². The van der Waals surface area contributed by atoms with E-state index in [-0.39, 0.29) is 6.09 Å². The topological polar surface area (TPSA) is 56.6 Å². The van der Waals surface area contributed by atoms with Gasteiger partial charge in [0.05, 0.1) is 11.3 Å². The van der Waals surface area contributed by atoms with E-state index in [2.05, 4.69) is 37.8 Å². The monoisotopic (exact) mass is 357 g/mol. The highest BCUT2D eigenvalue weighted by Crippen LogP contribution is 2.27. The van der Waals surface area contributed by atoms with Crippen LogP contribution in [-0.2, 0) is 11.2 Å². The molecule has 0 aromatic heterocycles. The van der Waals surface area contributed by atoms with E-state index >= 15 is 0 Å². The molecule has 26 heavy (non-hydrogen) atoms. The molecule has 5 nitrogen and oxygen atoms in total. The number of aryl methyl sites for hydroxylation is 1. The fourth-order valence-electron chi connectivity index (χ4n) is 3.21. The minimum atomic E-state index is -0.481. The van der Waals surface area contributed by atoms with Crippen molar-refractivity contribution in [2.24, 2.45) is 5.92 Å². The van der Waals surface area contributed by atoms with E-state index in [0.29, 0.717) is 37.7 Å². The number of amides is 1. The normalized spacial score (nSPS) is 15.2. The van der Waals surface area contributed by atoms with E-state index in [9.17, 15) is 10.1 Å². The van der Waals surface area contributed by atoms with Gasteiger partial charge in [0.1, 0.15) is 11.7 Å². The number of rotatable bonds is 3. The summed E-state index contributed by atoms with van der Waals surface area (Å²) in [5.41, 5.74) is 3.68. The fourth-order valence-corrected chi connectivity index (χ4v) is 3.21. The van der Waals surface area contributed by atoms with Crippen molar-refractivity contribution in [1.29, 1.82) is 5.26 Å². The summed E-state index contributed by atoms with van der Waals surface area (Å²) in [7, 11) is 0. The third kappa shape index (κ3) is 5.14. The largest absolute Gasteiger partial charge is 0.444 e. The van der Waals surface area contributed by atoms with E-state index < -0.39 is 5.60 Å². The summed E-state index contributed by atoms with van der Waals surface area (Å²) in [4.78, 5) is 16.2. The maximum atomic E-state index is 12.2. The van der Waals surface area contributed by atoms with Gasteiger partial charge in [-0.15, -0.1) is 0 Å². The molecule has 1 saturated heterocycles. The molecule has 0 radical (unpaired) electrons. The molecule has 0 saturated carbocycles. The van der Waals surface area contributed by atoms with E-state index in [1.54, 1.807) is 4.90 Å². The third-order valence-corrected chi connectivity index (χ3v) is 4.47. The Hall–Kier alpha value is -2.22. The molecule has 142 valence electrons. The van der Waals surface area contributed by atoms with Gasteiger partial charge in [-0.1, -0.05) is 13.8 Å². The fraction of sp³-hybridized carbons (Fsp3) is 0.619. The first-order valence-corrected chi connectivity index (χ1v) is 9.37. The predicted molar refractivity (Wildman–Crippen MR) is 104 cm³/mol. The smallest absolute Gasteiger partial charge is 0.410 e. The summed E-state index contributed by atoms with van der Waals surface area (Å²) in [6.45, 7) is 14.7. The Labute approximate surface area is 157 Å². The number of nitrogens with zero attached hydrogens (tertiary/aromatic N) is 3. The van der Waals surface area contributed by atoms with E-state index in [0.717, 1.165) is 12.1 Å². The molecule has 0 atom stereocenters. The van der Waals surface area contributed by atoms with Crippen molar-refractivity contribution in [3.63, 3.8) is 0 Å². The van der Waals surface area contributed by atoms with Gasteiger partial charge in [-0.05, 0) is 63.3 Å². The first kappa shape index (κ1) is 20.1. The number of anilines is 1. The summed E-state index contributed by atoms with van der Waals surface area (Å²) in [6, 6.07) is 6.49. The highest BCUT2D eigenvalue weighted by molar-refractivity contribution is 5.69. The lowest BCUT2D eigenvalue weighted by Gasteiger charge is -2.37. The van der Waals surface area contributed by atoms with Crippen LogP contribution in [0.25, 0.3) is 0 Å². The van der Waals surface area contributed by atoms with Gasteiger partial charge in [0.2, 0.25) is 0 Å². The number of hydrogen-bond acceptors (Lipinski definition) is 4. The van der Waals surface area contributed by atoms with Crippen LogP contribution in [0.2, 0.25) is 0 Å². The highest BCUT2D eigenvalue weighted by Gasteiger charge is 2.27. The van der Waals surface area contributed by atoms with E-state index in [1.807, 2.05) is 26.8 Å². The highest BCUT2D eigenvalue weighted by atomic mass is 16.6. The van der Waals surface area contributed by atoms with Crippen molar-refractivity contribution >= 4 is 11.8 Å². The molecule has 1 amide bonds. The van der Waals surface area contributed by atoms with Gasteiger partial charge in [-0.3, -0.25) is 0 Å². The minimum Gasteiger partial charge on any atom is -0.444 e. The molecule has 2 rings (SSSR count). The molecule has 0 spiro atoms. The maximum Gasteiger partial charge on any atom is 0.410 e. The zero-order chi connectivity index (χ0) is 19.5. The van der Waals surface area contributed by atoms with Gasteiger partial charge < -0.3 is 14.5 Å². The van der Waals surface area contributed by atoms with Crippen LogP contribution >= 0.6 is 0 Å². The number of ether oxygens (including phenoxy) is 1. The molecule has 1 fully saturated rings. The Morgan fingerprint density at radius 1 is 1.23 bits per heavy atom. The Kier molecular flexibility index (Phi) is 6.17. The van der Waals surface area contributed by atoms with Crippen molar-refractivity contribution in [3.05, 3.63) is 28.8 Å². The van der Waals surface area contributed by atoms with Crippen LogP contribution in [0, 0.1) is 24.2 Å². The summed E-state index contributed by atoms with van der Waals surface area (Å²) in [5, 5.41) is 9.55. The van der Waals surface area contributed by atoms with Gasteiger partial charge >= 0.3 is 6.09 Å². The maximum absolute atomic E-state index is 12.2. The molecule has 1 aromatic rings. The first-order valence-electron chi connectivity index (χ1n) is 9.37. The standard InChI is InChI=1S/C21H31N3O2/c1-15(2)11-17-13-19(18(14-22)12-16(17)3)23-7-9-24(10-8-23)20(25)26-21(4,5)6/h12-13,15H,7-11H2,1-6H3. The molecule has 1 heterocycles. The summed E-state index contributed by atoms with van der Waals surface area (Å²) in [6.07, 6.45) is 0.740. The zero-order valence-electron chi connectivity index (χ0n) is 16.9. The molecule has 1 aromatic carbocycles. The van der Waals surface area contributed by atoms with E-state index in [4.69, 9.17) is 4.74 Å². The second kappa shape index (κ2) is 7.99. The van der Waals surface area contributed by atoms with Crippen molar-refractivity contribution in [3.8, 4) is 6.07 Å². The molecule has 1 aliphatic rings. The zero-order valence-corrected chi connectivity index (χ0v) is 16.9. The number of nitriles is 1. The van der Waals surface area contributed by atoms with Crippen LogP contribution in [0.1, 0.15) is 51.3 Å². The Balaban J connectivity index is 2.13. The first-order chi connectivity index (χ1) is 12.1. The molecule has 0 bridgehead atoms. The summed E-state index contributed by atoms with van der Waals surface area (Å²) >= 11 is 0. The predicted octanol–water partition coefficient (Wildman–Crippen LogP) is 4.12. The number of carbonyl (C=O) groups is 1. The van der Waals surface area contributed by atoms with Crippen molar-refractivity contribution in [2.45, 2.75) is 53.6 Å².